The summed E-state index contributed by atoms with van der Waals surface area (Å²) >= 11 is 1.66. The van der Waals surface area contributed by atoms with Crippen molar-refractivity contribution in [3.05, 3.63) is 29.6 Å². The second-order valence-corrected chi connectivity index (χ2v) is 5.33. The third-order valence-corrected chi connectivity index (χ3v) is 3.75. The topological polar surface area (TPSA) is 24.4 Å². The number of rotatable bonds is 2. The van der Waals surface area contributed by atoms with Gasteiger partial charge in [-0.3, -0.25) is 4.99 Å². The summed E-state index contributed by atoms with van der Waals surface area (Å²) < 4.78 is 13.7. The second-order valence-electron chi connectivity index (χ2n) is 4.24. The van der Waals surface area contributed by atoms with Crippen LogP contribution >= 0.6 is 11.8 Å². The summed E-state index contributed by atoms with van der Waals surface area (Å²) in [7, 11) is 0. The SMILES string of the molecule is CCC1CCSC(Nc2ccc(C)cc2F)=N1. The molecule has 1 aliphatic rings. The maximum atomic E-state index is 13.7. The molecule has 1 aromatic rings. The van der Waals surface area contributed by atoms with Crippen LogP contribution in [-0.2, 0) is 0 Å². The van der Waals surface area contributed by atoms with E-state index < -0.39 is 0 Å². The van der Waals surface area contributed by atoms with Crippen LogP contribution in [0.3, 0.4) is 0 Å². The summed E-state index contributed by atoms with van der Waals surface area (Å²) in [5.41, 5.74) is 1.44. The maximum absolute atomic E-state index is 13.7. The predicted molar refractivity (Wildman–Crippen MR) is 73.3 cm³/mol. The lowest BCUT2D eigenvalue weighted by Crippen LogP contribution is -2.20. The zero-order valence-corrected chi connectivity index (χ0v) is 11.0. The molecule has 2 rings (SSSR count). The molecule has 1 N–H and O–H groups in total. The minimum atomic E-state index is -0.216. The highest BCUT2D eigenvalue weighted by molar-refractivity contribution is 8.14. The molecule has 1 aromatic carbocycles. The van der Waals surface area contributed by atoms with Crippen LogP contribution in [0.1, 0.15) is 25.3 Å². The van der Waals surface area contributed by atoms with Crippen LogP contribution in [0.4, 0.5) is 10.1 Å². The van der Waals surface area contributed by atoms with Crippen molar-refractivity contribution in [3.63, 3.8) is 0 Å². The van der Waals surface area contributed by atoms with Crippen molar-refractivity contribution >= 4 is 22.6 Å². The number of benzene rings is 1. The van der Waals surface area contributed by atoms with Gasteiger partial charge in [-0.15, -0.1) is 0 Å². The van der Waals surface area contributed by atoms with Gasteiger partial charge in [-0.2, -0.15) is 0 Å². The van der Waals surface area contributed by atoms with Gasteiger partial charge in [0.1, 0.15) is 5.82 Å². The maximum Gasteiger partial charge on any atom is 0.161 e. The van der Waals surface area contributed by atoms with Gasteiger partial charge in [0.05, 0.1) is 11.7 Å². The van der Waals surface area contributed by atoms with E-state index in [0.29, 0.717) is 11.7 Å². The van der Waals surface area contributed by atoms with Crippen molar-refractivity contribution in [1.29, 1.82) is 0 Å². The van der Waals surface area contributed by atoms with Gasteiger partial charge in [-0.25, -0.2) is 4.39 Å². The van der Waals surface area contributed by atoms with Crippen LogP contribution in [0.2, 0.25) is 0 Å². The quantitative estimate of drug-likeness (QED) is 0.865. The lowest BCUT2D eigenvalue weighted by Gasteiger charge is -2.19. The molecule has 0 fully saturated rings. The van der Waals surface area contributed by atoms with E-state index in [2.05, 4.69) is 17.2 Å². The first-order valence-electron chi connectivity index (χ1n) is 5.93. The molecule has 0 saturated carbocycles. The fraction of sp³-hybridized carbons (Fsp3) is 0.462. The Morgan fingerprint density at radius 1 is 1.53 bits per heavy atom. The van der Waals surface area contributed by atoms with Gasteiger partial charge < -0.3 is 5.32 Å². The van der Waals surface area contributed by atoms with E-state index in [1.54, 1.807) is 17.8 Å². The lowest BCUT2D eigenvalue weighted by atomic mass is 10.2. The molecule has 17 heavy (non-hydrogen) atoms. The highest BCUT2D eigenvalue weighted by Crippen LogP contribution is 2.23. The summed E-state index contributed by atoms with van der Waals surface area (Å²) in [6.45, 7) is 4.01. The molecule has 1 aliphatic heterocycles. The van der Waals surface area contributed by atoms with Crippen LogP contribution < -0.4 is 5.32 Å². The summed E-state index contributed by atoms with van der Waals surface area (Å²) in [5.74, 6) is 0.838. The smallest absolute Gasteiger partial charge is 0.161 e. The van der Waals surface area contributed by atoms with E-state index in [1.807, 2.05) is 13.0 Å². The summed E-state index contributed by atoms with van der Waals surface area (Å²) in [5, 5.41) is 3.92. The molecule has 0 bridgehead atoms. The molecule has 0 aromatic heterocycles. The standard InChI is InChI=1S/C13H17FN2S/c1-3-10-6-7-17-13(15-10)16-12-5-4-9(2)8-11(12)14/h4-5,8,10H,3,6-7H2,1-2H3,(H,15,16). The average Bonchev–Trinajstić information content (AvgIpc) is 2.33. The van der Waals surface area contributed by atoms with Crippen LogP contribution in [-0.4, -0.2) is 17.0 Å². The average molecular weight is 252 g/mol. The highest BCUT2D eigenvalue weighted by Gasteiger charge is 2.15. The Balaban J connectivity index is 2.12. The van der Waals surface area contributed by atoms with Gasteiger partial charge in [0.15, 0.2) is 5.17 Å². The van der Waals surface area contributed by atoms with Crippen molar-refractivity contribution < 1.29 is 4.39 Å². The zero-order valence-electron chi connectivity index (χ0n) is 10.2. The van der Waals surface area contributed by atoms with Gasteiger partial charge in [0.2, 0.25) is 0 Å². The van der Waals surface area contributed by atoms with Crippen LogP contribution in [0.5, 0.6) is 0 Å². The number of nitrogens with one attached hydrogen (secondary N) is 1. The van der Waals surface area contributed by atoms with Crippen LogP contribution in [0.15, 0.2) is 23.2 Å². The summed E-state index contributed by atoms with van der Waals surface area (Å²) in [6.07, 6.45) is 2.16. The van der Waals surface area contributed by atoms with Crippen LogP contribution in [0.25, 0.3) is 0 Å². The Bertz CT molecular complexity index is 431. The minimum Gasteiger partial charge on any atom is -0.333 e. The normalized spacial score (nSPS) is 19.9. The van der Waals surface area contributed by atoms with Crippen molar-refractivity contribution in [2.75, 3.05) is 11.1 Å². The first kappa shape index (κ1) is 12.4. The molecule has 0 radical (unpaired) electrons. The molecular weight excluding hydrogens is 235 g/mol. The third-order valence-electron chi connectivity index (χ3n) is 2.83. The van der Waals surface area contributed by atoms with Crippen molar-refractivity contribution in [1.82, 2.24) is 0 Å². The summed E-state index contributed by atoms with van der Waals surface area (Å²) in [6, 6.07) is 5.58. The van der Waals surface area contributed by atoms with Gasteiger partial charge in [0.25, 0.3) is 0 Å². The Labute approximate surface area is 106 Å². The molecule has 0 aliphatic carbocycles. The molecule has 1 heterocycles. The van der Waals surface area contributed by atoms with E-state index in [1.165, 1.54) is 6.07 Å². The fourth-order valence-electron chi connectivity index (χ4n) is 1.76. The van der Waals surface area contributed by atoms with Crippen LogP contribution in [0, 0.1) is 12.7 Å². The number of thioether (sulfide) groups is 1. The van der Waals surface area contributed by atoms with Gasteiger partial charge >= 0.3 is 0 Å². The minimum absolute atomic E-state index is 0.216. The summed E-state index contributed by atoms with van der Waals surface area (Å²) in [4.78, 5) is 4.56. The zero-order chi connectivity index (χ0) is 12.3. The van der Waals surface area contributed by atoms with Crippen molar-refractivity contribution in [3.8, 4) is 0 Å². The number of hydrogen-bond acceptors (Lipinski definition) is 3. The monoisotopic (exact) mass is 252 g/mol. The molecule has 92 valence electrons. The molecule has 0 amide bonds. The van der Waals surface area contributed by atoms with Crippen molar-refractivity contribution in [2.45, 2.75) is 32.7 Å². The first-order valence-corrected chi connectivity index (χ1v) is 6.91. The molecule has 0 saturated heterocycles. The Morgan fingerprint density at radius 3 is 3.06 bits per heavy atom. The Kier molecular flexibility index (Phi) is 4.05. The number of aryl methyl sites for hydroxylation is 1. The number of halogens is 1. The number of nitrogens with zero attached hydrogens (tertiary/aromatic N) is 1. The molecule has 1 atom stereocenters. The number of anilines is 1. The predicted octanol–water partition coefficient (Wildman–Crippen LogP) is 3.82. The van der Waals surface area contributed by atoms with Gasteiger partial charge in [-0.05, 0) is 37.5 Å². The largest absolute Gasteiger partial charge is 0.333 e. The third kappa shape index (κ3) is 3.22. The fourth-order valence-corrected chi connectivity index (χ4v) is 2.75. The van der Waals surface area contributed by atoms with E-state index in [9.17, 15) is 4.39 Å². The highest BCUT2D eigenvalue weighted by atomic mass is 32.2. The number of hydrogen-bond donors (Lipinski definition) is 1. The van der Waals surface area contributed by atoms with E-state index in [4.69, 9.17) is 0 Å². The Hall–Kier alpha value is -1.03. The van der Waals surface area contributed by atoms with E-state index in [0.717, 1.165) is 29.3 Å². The molecular formula is C13H17FN2S. The second kappa shape index (κ2) is 5.54. The molecule has 4 heteroatoms. The van der Waals surface area contributed by atoms with E-state index in [-0.39, 0.29) is 5.82 Å². The first-order chi connectivity index (χ1) is 8.19. The Morgan fingerprint density at radius 2 is 2.35 bits per heavy atom. The molecule has 2 nitrogen and oxygen atoms in total. The molecule has 0 spiro atoms. The number of aliphatic imine (C=N–C) groups is 1. The van der Waals surface area contributed by atoms with Gasteiger partial charge in [-0.1, -0.05) is 24.8 Å². The number of amidine groups is 1. The van der Waals surface area contributed by atoms with Gasteiger partial charge in [0, 0.05) is 5.75 Å². The lowest BCUT2D eigenvalue weighted by molar-refractivity contribution is 0.628. The van der Waals surface area contributed by atoms with Crippen molar-refractivity contribution in [2.24, 2.45) is 4.99 Å². The molecule has 1 unspecified atom stereocenters. The van der Waals surface area contributed by atoms with E-state index >= 15 is 0 Å².